The minimum absolute atomic E-state index is 0.911. The normalized spacial score (nSPS) is 47.0. The summed E-state index contributed by atoms with van der Waals surface area (Å²) >= 11 is 0. The van der Waals surface area contributed by atoms with Gasteiger partial charge in [-0.15, -0.1) is 0 Å². The highest BCUT2D eigenvalue weighted by molar-refractivity contribution is 4.93. The fourth-order valence-electron chi connectivity index (χ4n) is 2.55. The summed E-state index contributed by atoms with van der Waals surface area (Å²) in [6.07, 6.45) is 5.86. The molecule has 2 bridgehead atoms. The van der Waals surface area contributed by atoms with E-state index in [9.17, 15) is 0 Å². The van der Waals surface area contributed by atoms with Crippen molar-refractivity contribution in [1.29, 1.82) is 0 Å². The molecule has 0 saturated heterocycles. The van der Waals surface area contributed by atoms with Gasteiger partial charge in [-0.25, -0.2) is 0 Å². The van der Waals surface area contributed by atoms with Crippen molar-refractivity contribution in [1.82, 2.24) is 0 Å². The molecule has 0 spiro atoms. The molecule has 0 amide bonds. The summed E-state index contributed by atoms with van der Waals surface area (Å²) in [6, 6.07) is 0. The van der Waals surface area contributed by atoms with Gasteiger partial charge in [0.2, 0.25) is 0 Å². The number of hydrogen-bond donors (Lipinski definition) is 1. The van der Waals surface area contributed by atoms with E-state index in [1.165, 1.54) is 25.7 Å². The quantitative estimate of drug-likeness (QED) is 0.593. The first kappa shape index (κ1) is 5.72. The van der Waals surface area contributed by atoms with Crippen LogP contribution in [0.2, 0.25) is 0 Å². The molecule has 3 fully saturated rings. The lowest BCUT2D eigenvalue weighted by Crippen LogP contribution is -2.16. The van der Waals surface area contributed by atoms with Crippen molar-refractivity contribution < 1.29 is 0 Å². The first-order valence-electron chi connectivity index (χ1n) is 4.10. The van der Waals surface area contributed by atoms with Gasteiger partial charge in [-0.3, -0.25) is 0 Å². The smallest absolute Gasteiger partial charge is 0.00745 e. The molecule has 0 aromatic heterocycles. The average Bonchev–Trinajstić information content (AvgIpc) is 2.20. The summed E-state index contributed by atoms with van der Waals surface area (Å²) in [5.74, 6) is 3.24. The predicted molar refractivity (Wildman–Crippen MR) is 38.0 cm³/mol. The Hall–Kier alpha value is -0.0400. The summed E-state index contributed by atoms with van der Waals surface area (Å²) < 4.78 is 0. The molecule has 3 aliphatic carbocycles. The molecule has 9 heavy (non-hydrogen) atoms. The highest BCUT2D eigenvalue weighted by atomic mass is 14.6. The topological polar surface area (TPSA) is 26.0 Å². The van der Waals surface area contributed by atoms with Crippen molar-refractivity contribution in [3.63, 3.8) is 0 Å². The Morgan fingerprint density at radius 3 is 2.44 bits per heavy atom. The van der Waals surface area contributed by atoms with E-state index in [0.29, 0.717) is 0 Å². The number of fused-ring (bicyclic) bond motifs is 1. The molecule has 52 valence electrons. The molecule has 1 unspecified atom stereocenters. The van der Waals surface area contributed by atoms with E-state index in [4.69, 9.17) is 5.73 Å². The van der Waals surface area contributed by atoms with Crippen LogP contribution in [-0.4, -0.2) is 6.54 Å². The number of nitrogens with two attached hydrogens (primary N) is 1. The van der Waals surface area contributed by atoms with Crippen molar-refractivity contribution in [3.8, 4) is 0 Å². The van der Waals surface area contributed by atoms with Crippen molar-refractivity contribution in [2.24, 2.45) is 23.5 Å². The summed E-state index contributed by atoms with van der Waals surface area (Å²) in [6.45, 7) is 0.911. The van der Waals surface area contributed by atoms with E-state index in [1.807, 2.05) is 0 Å². The second-order valence-electron chi connectivity index (χ2n) is 3.67. The molecule has 0 aromatic rings. The zero-order chi connectivity index (χ0) is 6.27. The second kappa shape index (κ2) is 1.98. The molecule has 0 radical (unpaired) electrons. The monoisotopic (exact) mass is 125 g/mol. The Kier molecular flexibility index (Phi) is 1.26. The molecular weight excluding hydrogens is 110 g/mol. The fourth-order valence-corrected chi connectivity index (χ4v) is 2.55. The van der Waals surface area contributed by atoms with Crippen LogP contribution in [0.4, 0.5) is 0 Å². The summed E-state index contributed by atoms with van der Waals surface area (Å²) in [5.41, 5.74) is 5.49. The van der Waals surface area contributed by atoms with Gasteiger partial charge < -0.3 is 5.73 Å². The molecule has 0 aliphatic heterocycles. The summed E-state index contributed by atoms with van der Waals surface area (Å²) in [7, 11) is 0. The van der Waals surface area contributed by atoms with E-state index in [-0.39, 0.29) is 0 Å². The van der Waals surface area contributed by atoms with Crippen LogP contribution in [0.25, 0.3) is 0 Å². The van der Waals surface area contributed by atoms with Crippen LogP contribution >= 0.6 is 0 Å². The van der Waals surface area contributed by atoms with Gasteiger partial charge in [0, 0.05) is 0 Å². The Balaban J connectivity index is 1.86. The second-order valence-corrected chi connectivity index (χ2v) is 3.67. The zero-order valence-corrected chi connectivity index (χ0v) is 5.84. The molecular formula is C8H15N. The third kappa shape index (κ3) is 0.787. The molecule has 3 saturated carbocycles. The standard InChI is InChI=1S/C8H15N/c9-2-1-7-3-6-4-8(7)5-6/h6-8H,1-5,9H2. The highest BCUT2D eigenvalue weighted by Crippen LogP contribution is 2.53. The Morgan fingerprint density at radius 1 is 1.22 bits per heavy atom. The van der Waals surface area contributed by atoms with Gasteiger partial charge in [0.1, 0.15) is 0 Å². The number of rotatable bonds is 2. The summed E-state index contributed by atoms with van der Waals surface area (Å²) in [4.78, 5) is 0. The molecule has 1 nitrogen and oxygen atoms in total. The van der Waals surface area contributed by atoms with Gasteiger partial charge in [0.05, 0.1) is 0 Å². The number of hydrogen-bond acceptors (Lipinski definition) is 1. The van der Waals surface area contributed by atoms with Crippen LogP contribution in [0.5, 0.6) is 0 Å². The van der Waals surface area contributed by atoms with Crippen molar-refractivity contribution in [2.45, 2.75) is 25.7 Å². The van der Waals surface area contributed by atoms with E-state index in [1.54, 1.807) is 0 Å². The lowest BCUT2D eigenvalue weighted by Gasteiger charge is -2.24. The fraction of sp³-hybridized carbons (Fsp3) is 1.00. The van der Waals surface area contributed by atoms with Crippen LogP contribution in [0.3, 0.4) is 0 Å². The molecule has 3 rings (SSSR count). The Labute approximate surface area is 56.6 Å². The van der Waals surface area contributed by atoms with Crippen LogP contribution in [0.1, 0.15) is 25.7 Å². The lowest BCUT2D eigenvalue weighted by molar-refractivity contribution is 0.270. The van der Waals surface area contributed by atoms with Gasteiger partial charge in [0.15, 0.2) is 0 Å². The molecule has 1 heteroatoms. The minimum atomic E-state index is 0.911. The van der Waals surface area contributed by atoms with Gasteiger partial charge in [-0.2, -0.15) is 0 Å². The van der Waals surface area contributed by atoms with E-state index < -0.39 is 0 Å². The van der Waals surface area contributed by atoms with Crippen LogP contribution in [-0.2, 0) is 0 Å². The summed E-state index contributed by atoms with van der Waals surface area (Å²) in [5, 5.41) is 0. The maximum absolute atomic E-state index is 5.49. The first-order chi connectivity index (χ1) is 4.40. The average molecular weight is 125 g/mol. The lowest BCUT2D eigenvalue weighted by atomic mass is 9.82. The van der Waals surface area contributed by atoms with Crippen molar-refractivity contribution in [2.75, 3.05) is 6.54 Å². The van der Waals surface area contributed by atoms with Gasteiger partial charge in [-0.05, 0) is 50.0 Å². The third-order valence-electron chi connectivity index (χ3n) is 3.11. The zero-order valence-electron chi connectivity index (χ0n) is 5.84. The van der Waals surface area contributed by atoms with E-state index >= 15 is 0 Å². The van der Waals surface area contributed by atoms with E-state index in [2.05, 4.69) is 0 Å². The Morgan fingerprint density at radius 2 is 2.00 bits per heavy atom. The Bertz CT molecular complexity index is 105. The van der Waals surface area contributed by atoms with Gasteiger partial charge in [-0.1, -0.05) is 0 Å². The SMILES string of the molecule is NCCC1CC2CC1C2. The molecule has 0 heterocycles. The maximum Gasteiger partial charge on any atom is -0.00745 e. The largest absolute Gasteiger partial charge is 0.330 e. The van der Waals surface area contributed by atoms with Crippen molar-refractivity contribution >= 4 is 0 Å². The third-order valence-corrected chi connectivity index (χ3v) is 3.11. The minimum Gasteiger partial charge on any atom is -0.330 e. The van der Waals surface area contributed by atoms with Crippen LogP contribution < -0.4 is 5.73 Å². The van der Waals surface area contributed by atoms with Crippen LogP contribution in [0.15, 0.2) is 0 Å². The first-order valence-corrected chi connectivity index (χ1v) is 4.10. The highest BCUT2D eigenvalue weighted by Gasteiger charge is 2.43. The molecule has 0 aromatic carbocycles. The van der Waals surface area contributed by atoms with Crippen molar-refractivity contribution in [3.05, 3.63) is 0 Å². The predicted octanol–water partition coefficient (Wildman–Crippen LogP) is 1.38. The maximum atomic E-state index is 5.49. The van der Waals surface area contributed by atoms with Gasteiger partial charge in [0.25, 0.3) is 0 Å². The molecule has 3 aliphatic rings. The molecule has 2 N–H and O–H groups in total. The van der Waals surface area contributed by atoms with Crippen LogP contribution in [0, 0.1) is 17.8 Å². The van der Waals surface area contributed by atoms with Gasteiger partial charge >= 0.3 is 0 Å². The van der Waals surface area contributed by atoms with E-state index in [0.717, 1.165) is 24.3 Å². The molecule has 1 atom stereocenters.